The Hall–Kier alpha value is -1.31. The molecule has 122 valence electrons. The van der Waals surface area contributed by atoms with E-state index in [1.165, 1.54) is 29.6 Å². The lowest BCUT2D eigenvalue weighted by Crippen LogP contribution is -2.48. The van der Waals surface area contributed by atoms with E-state index < -0.39 is 21.4 Å². The first-order chi connectivity index (χ1) is 10.2. The van der Waals surface area contributed by atoms with Crippen molar-refractivity contribution >= 4 is 27.6 Å². The first kappa shape index (κ1) is 17.1. The molecule has 1 aliphatic heterocycles. The zero-order chi connectivity index (χ0) is 16.5. The third-order valence-electron chi connectivity index (χ3n) is 3.94. The van der Waals surface area contributed by atoms with Crippen molar-refractivity contribution in [1.82, 2.24) is 4.31 Å². The maximum atomic E-state index is 12.7. The van der Waals surface area contributed by atoms with E-state index in [0.717, 1.165) is 0 Å². The Morgan fingerprint density at radius 3 is 2.68 bits per heavy atom. The van der Waals surface area contributed by atoms with Crippen LogP contribution in [0.25, 0.3) is 0 Å². The van der Waals surface area contributed by atoms with Crippen LogP contribution in [0.1, 0.15) is 19.8 Å². The van der Waals surface area contributed by atoms with E-state index >= 15 is 0 Å². The normalized spacial score (nSPS) is 23.2. The van der Waals surface area contributed by atoms with E-state index in [-0.39, 0.29) is 16.5 Å². The van der Waals surface area contributed by atoms with Crippen molar-refractivity contribution in [2.45, 2.75) is 24.7 Å². The number of ether oxygens (including phenoxy) is 1. The average molecular weight is 348 g/mol. The number of rotatable bonds is 4. The van der Waals surface area contributed by atoms with Crippen LogP contribution in [0.15, 0.2) is 23.1 Å². The average Bonchev–Trinajstić information content (AvgIpc) is 2.47. The zero-order valence-corrected chi connectivity index (χ0v) is 13.9. The van der Waals surface area contributed by atoms with Gasteiger partial charge in [0.15, 0.2) is 0 Å². The zero-order valence-electron chi connectivity index (χ0n) is 12.4. The summed E-state index contributed by atoms with van der Waals surface area (Å²) in [5, 5.41) is 9.50. The van der Waals surface area contributed by atoms with Crippen molar-refractivity contribution in [2.24, 2.45) is 5.41 Å². The number of aliphatic carboxylic acids is 1. The van der Waals surface area contributed by atoms with Gasteiger partial charge in [-0.1, -0.05) is 11.6 Å². The number of benzene rings is 1. The standard InChI is InChI=1S/C14H18ClNO5S/c1-14(13(17)18)6-3-7-16(9-14)22(19,20)10-4-5-12(21-2)11(15)8-10/h4-5,8H,3,6-7,9H2,1-2H3,(H,17,18). The molecule has 1 aliphatic rings. The lowest BCUT2D eigenvalue weighted by atomic mass is 9.83. The number of hydrogen-bond acceptors (Lipinski definition) is 4. The molecular weight excluding hydrogens is 330 g/mol. The fourth-order valence-electron chi connectivity index (χ4n) is 2.53. The lowest BCUT2D eigenvalue weighted by Gasteiger charge is -2.36. The molecule has 6 nitrogen and oxygen atoms in total. The Kier molecular flexibility index (Phi) is 4.70. The maximum Gasteiger partial charge on any atom is 0.310 e. The Morgan fingerprint density at radius 2 is 2.14 bits per heavy atom. The van der Waals surface area contributed by atoms with Gasteiger partial charge in [0.2, 0.25) is 10.0 Å². The second kappa shape index (κ2) is 6.06. The fraction of sp³-hybridized carbons (Fsp3) is 0.500. The van der Waals surface area contributed by atoms with Crippen LogP contribution in [-0.4, -0.2) is 44.0 Å². The molecule has 0 aromatic heterocycles. The minimum Gasteiger partial charge on any atom is -0.495 e. The Bertz CT molecular complexity index is 690. The van der Waals surface area contributed by atoms with Gasteiger partial charge in [-0.2, -0.15) is 4.31 Å². The van der Waals surface area contributed by atoms with E-state index in [2.05, 4.69) is 0 Å². The van der Waals surface area contributed by atoms with Gasteiger partial charge >= 0.3 is 5.97 Å². The summed E-state index contributed by atoms with van der Waals surface area (Å²) >= 11 is 5.98. The predicted octanol–water partition coefficient (Wildman–Crippen LogP) is 2.22. The number of hydrogen-bond donors (Lipinski definition) is 1. The molecule has 0 saturated carbocycles. The number of nitrogens with zero attached hydrogens (tertiary/aromatic N) is 1. The van der Waals surface area contributed by atoms with Crippen molar-refractivity contribution in [3.63, 3.8) is 0 Å². The summed E-state index contributed by atoms with van der Waals surface area (Å²) in [6.45, 7) is 1.82. The summed E-state index contributed by atoms with van der Waals surface area (Å²) in [6.07, 6.45) is 0.962. The molecular formula is C14H18ClNO5S. The summed E-state index contributed by atoms with van der Waals surface area (Å²) < 4.78 is 31.6. The van der Waals surface area contributed by atoms with E-state index in [9.17, 15) is 18.3 Å². The topological polar surface area (TPSA) is 83.9 Å². The largest absolute Gasteiger partial charge is 0.495 e. The molecule has 1 aromatic rings. The van der Waals surface area contributed by atoms with Gasteiger partial charge < -0.3 is 9.84 Å². The number of carbonyl (C=O) groups is 1. The predicted molar refractivity (Wildman–Crippen MR) is 81.7 cm³/mol. The number of sulfonamides is 1. The maximum absolute atomic E-state index is 12.7. The molecule has 1 fully saturated rings. The van der Waals surface area contributed by atoms with Gasteiger partial charge in [-0.25, -0.2) is 8.42 Å². The quantitative estimate of drug-likeness (QED) is 0.902. The van der Waals surface area contributed by atoms with Crippen LogP contribution < -0.4 is 4.74 Å². The highest BCUT2D eigenvalue weighted by Crippen LogP contribution is 2.34. The fourth-order valence-corrected chi connectivity index (χ4v) is 4.48. The van der Waals surface area contributed by atoms with Crippen molar-refractivity contribution in [1.29, 1.82) is 0 Å². The van der Waals surface area contributed by atoms with Gasteiger partial charge in [0.05, 0.1) is 22.4 Å². The molecule has 8 heteroatoms. The van der Waals surface area contributed by atoms with Gasteiger partial charge in [-0.3, -0.25) is 4.79 Å². The van der Waals surface area contributed by atoms with Gasteiger partial charge in [0.1, 0.15) is 5.75 Å². The highest BCUT2D eigenvalue weighted by molar-refractivity contribution is 7.89. The van der Waals surface area contributed by atoms with Crippen molar-refractivity contribution in [3.8, 4) is 5.75 Å². The minimum absolute atomic E-state index is 0.0351. The van der Waals surface area contributed by atoms with Crippen LogP contribution in [0.2, 0.25) is 5.02 Å². The van der Waals surface area contributed by atoms with Crippen molar-refractivity contribution < 1.29 is 23.1 Å². The number of carboxylic acids is 1. The molecule has 0 spiro atoms. The van der Waals surface area contributed by atoms with Crippen LogP contribution in [0.5, 0.6) is 5.75 Å². The number of methoxy groups -OCH3 is 1. The van der Waals surface area contributed by atoms with Crippen LogP contribution >= 0.6 is 11.6 Å². The molecule has 22 heavy (non-hydrogen) atoms. The highest BCUT2D eigenvalue weighted by atomic mass is 35.5. The molecule has 1 atom stereocenters. The van der Waals surface area contributed by atoms with Gasteiger partial charge in [-0.15, -0.1) is 0 Å². The third kappa shape index (κ3) is 3.06. The molecule has 1 saturated heterocycles. The molecule has 1 heterocycles. The second-order valence-corrected chi connectivity index (χ2v) is 7.95. The SMILES string of the molecule is COc1ccc(S(=O)(=O)N2CCCC(C)(C(=O)O)C2)cc1Cl. The van der Waals surface area contributed by atoms with Gasteiger partial charge in [-0.05, 0) is 38.0 Å². The van der Waals surface area contributed by atoms with Gasteiger partial charge in [0, 0.05) is 13.1 Å². The number of piperidine rings is 1. The van der Waals surface area contributed by atoms with E-state index in [1.54, 1.807) is 6.92 Å². The third-order valence-corrected chi connectivity index (χ3v) is 6.08. The Morgan fingerprint density at radius 1 is 1.45 bits per heavy atom. The highest BCUT2D eigenvalue weighted by Gasteiger charge is 2.42. The monoisotopic (exact) mass is 347 g/mol. The number of halogens is 1. The van der Waals surface area contributed by atoms with E-state index in [0.29, 0.717) is 25.1 Å². The molecule has 1 N–H and O–H groups in total. The van der Waals surface area contributed by atoms with Crippen LogP contribution in [0, 0.1) is 5.41 Å². The molecule has 1 unspecified atom stereocenters. The molecule has 0 amide bonds. The van der Waals surface area contributed by atoms with E-state index in [4.69, 9.17) is 16.3 Å². The summed E-state index contributed by atoms with van der Waals surface area (Å²) in [5.74, 6) is -0.602. The van der Waals surface area contributed by atoms with E-state index in [1.807, 2.05) is 0 Å². The van der Waals surface area contributed by atoms with Gasteiger partial charge in [0.25, 0.3) is 0 Å². The molecule has 1 aromatic carbocycles. The summed E-state index contributed by atoms with van der Waals surface area (Å²) in [6, 6.07) is 4.21. The lowest BCUT2D eigenvalue weighted by molar-refractivity contribution is -0.150. The van der Waals surface area contributed by atoms with Crippen LogP contribution in [0.4, 0.5) is 0 Å². The van der Waals surface area contributed by atoms with Crippen molar-refractivity contribution in [3.05, 3.63) is 23.2 Å². The summed E-state index contributed by atoms with van der Waals surface area (Å²) in [5.41, 5.74) is -1.07. The number of carboxylic acid groups (broad SMARTS) is 1. The first-order valence-corrected chi connectivity index (χ1v) is 8.59. The molecule has 0 bridgehead atoms. The van der Waals surface area contributed by atoms with Crippen molar-refractivity contribution in [2.75, 3.05) is 20.2 Å². The molecule has 0 radical (unpaired) electrons. The summed E-state index contributed by atoms with van der Waals surface area (Å²) in [7, 11) is -2.34. The second-order valence-electron chi connectivity index (χ2n) is 5.60. The Balaban J connectivity index is 2.34. The van der Waals surface area contributed by atoms with Crippen LogP contribution in [0.3, 0.4) is 0 Å². The Labute approximate surface area is 134 Å². The molecule has 0 aliphatic carbocycles. The van der Waals surface area contributed by atoms with Crippen LogP contribution in [-0.2, 0) is 14.8 Å². The minimum atomic E-state index is -3.78. The summed E-state index contributed by atoms with van der Waals surface area (Å²) in [4.78, 5) is 11.4. The first-order valence-electron chi connectivity index (χ1n) is 6.78. The smallest absolute Gasteiger partial charge is 0.310 e. The molecule has 2 rings (SSSR count).